The zero-order valence-electron chi connectivity index (χ0n) is 13.2. The van der Waals surface area contributed by atoms with Crippen LogP contribution >= 0.6 is 15.9 Å². The summed E-state index contributed by atoms with van der Waals surface area (Å²) >= 11 is 3.45. The number of ether oxygens (including phenoxy) is 1. The molecule has 1 aromatic carbocycles. The van der Waals surface area contributed by atoms with Crippen molar-refractivity contribution in [2.24, 2.45) is 0 Å². The quantitative estimate of drug-likeness (QED) is 0.821. The largest absolute Gasteiger partial charge is 0.443 e. The van der Waals surface area contributed by atoms with E-state index in [2.05, 4.69) is 21.2 Å². The molecule has 6 heteroatoms. The van der Waals surface area contributed by atoms with Crippen LogP contribution < -0.4 is 5.32 Å². The molecule has 0 bridgehead atoms. The fourth-order valence-corrected chi connectivity index (χ4v) is 2.75. The highest BCUT2D eigenvalue weighted by Gasteiger charge is 2.26. The van der Waals surface area contributed by atoms with E-state index in [-0.39, 0.29) is 0 Å². The Morgan fingerprint density at radius 1 is 1.26 bits per heavy atom. The molecule has 1 unspecified atom stereocenters. The molecule has 1 aromatic heterocycles. The van der Waals surface area contributed by atoms with Crippen molar-refractivity contribution >= 4 is 28.4 Å². The molecule has 0 fully saturated rings. The van der Waals surface area contributed by atoms with Gasteiger partial charge in [0.25, 0.3) is 0 Å². The van der Waals surface area contributed by atoms with Crippen molar-refractivity contribution in [3.8, 4) is 0 Å². The minimum absolute atomic E-state index is 0.467. The molecule has 1 heterocycles. The molecule has 1 atom stereocenters. The molecule has 0 radical (unpaired) electrons. The molecular formula is C17H19BrN2O3. The molecule has 23 heavy (non-hydrogen) atoms. The number of nitrogens with one attached hydrogen (secondary N) is 1. The van der Waals surface area contributed by atoms with Crippen LogP contribution in [0.15, 0.2) is 47.1 Å². The molecule has 1 N–H and O–H groups in total. The molecule has 5 nitrogen and oxygen atoms in total. The van der Waals surface area contributed by atoms with Crippen LogP contribution in [-0.4, -0.2) is 22.7 Å². The number of hydrogen-bond donors (Lipinski definition) is 1. The number of carbonyl (C=O) groups excluding carboxylic acids is 2. The van der Waals surface area contributed by atoms with Gasteiger partial charge in [0.2, 0.25) is 6.41 Å². The first-order valence-corrected chi connectivity index (χ1v) is 7.97. The second-order valence-electron chi connectivity index (χ2n) is 6.03. The van der Waals surface area contributed by atoms with E-state index in [9.17, 15) is 9.59 Å². The predicted octanol–water partition coefficient (Wildman–Crippen LogP) is 3.87. The van der Waals surface area contributed by atoms with Crippen molar-refractivity contribution in [1.82, 2.24) is 9.88 Å². The molecule has 0 saturated heterocycles. The molecular weight excluding hydrogens is 360 g/mol. The molecule has 2 aromatic rings. The van der Waals surface area contributed by atoms with E-state index < -0.39 is 17.7 Å². The Bertz CT molecular complexity index is 690. The smallest absolute Gasteiger partial charge is 0.418 e. The van der Waals surface area contributed by atoms with Crippen molar-refractivity contribution in [3.05, 3.63) is 58.3 Å². The number of aromatic nitrogens is 1. The van der Waals surface area contributed by atoms with Gasteiger partial charge in [-0.25, -0.2) is 4.79 Å². The molecule has 0 aliphatic carbocycles. The predicted molar refractivity (Wildman–Crippen MR) is 91.2 cm³/mol. The van der Waals surface area contributed by atoms with Crippen molar-refractivity contribution < 1.29 is 14.3 Å². The first kappa shape index (κ1) is 17.3. The Morgan fingerprint density at radius 2 is 1.91 bits per heavy atom. The van der Waals surface area contributed by atoms with E-state index >= 15 is 0 Å². The Kier molecular flexibility index (Phi) is 5.26. The van der Waals surface area contributed by atoms with E-state index in [1.165, 1.54) is 4.57 Å². The molecule has 0 aliphatic rings. The Hall–Kier alpha value is -2.08. The Morgan fingerprint density at radius 3 is 2.48 bits per heavy atom. The van der Waals surface area contributed by atoms with Gasteiger partial charge in [0, 0.05) is 10.7 Å². The number of amides is 1. The lowest BCUT2D eigenvalue weighted by molar-refractivity contribution is -0.110. The van der Waals surface area contributed by atoms with Crippen LogP contribution in [0.2, 0.25) is 0 Å². The zero-order valence-corrected chi connectivity index (χ0v) is 14.8. The van der Waals surface area contributed by atoms with Gasteiger partial charge in [-0.1, -0.05) is 30.3 Å². The van der Waals surface area contributed by atoms with Crippen LogP contribution in [0.4, 0.5) is 4.79 Å². The van der Waals surface area contributed by atoms with Gasteiger partial charge in [-0.05, 0) is 48.3 Å². The van der Waals surface area contributed by atoms with Gasteiger partial charge in [-0.2, -0.15) is 0 Å². The summed E-state index contributed by atoms with van der Waals surface area (Å²) in [5, 5.41) is 2.76. The molecule has 2 rings (SSSR count). The lowest BCUT2D eigenvalue weighted by Crippen LogP contribution is -2.30. The third-order valence-electron chi connectivity index (χ3n) is 3.11. The minimum atomic E-state index is -0.606. The van der Waals surface area contributed by atoms with E-state index in [4.69, 9.17) is 4.74 Å². The summed E-state index contributed by atoms with van der Waals surface area (Å²) in [6.45, 7) is 5.42. The van der Waals surface area contributed by atoms with Gasteiger partial charge in [0.05, 0.1) is 11.7 Å². The van der Waals surface area contributed by atoms with E-state index in [0.29, 0.717) is 16.6 Å². The Labute approximate surface area is 143 Å². The highest BCUT2D eigenvalue weighted by atomic mass is 79.9. The zero-order chi connectivity index (χ0) is 17.0. The number of halogens is 1. The van der Waals surface area contributed by atoms with Crippen LogP contribution in [0.3, 0.4) is 0 Å². The van der Waals surface area contributed by atoms with Crippen LogP contribution in [-0.2, 0) is 9.53 Å². The molecule has 1 amide bonds. The number of hydrogen-bond acceptors (Lipinski definition) is 3. The van der Waals surface area contributed by atoms with Crippen molar-refractivity contribution in [2.75, 3.05) is 0 Å². The molecule has 0 spiro atoms. The van der Waals surface area contributed by atoms with Crippen LogP contribution in [0.5, 0.6) is 0 Å². The van der Waals surface area contributed by atoms with Crippen molar-refractivity contribution in [3.63, 3.8) is 0 Å². The fraction of sp³-hybridized carbons (Fsp3) is 0.294. The van der Waals surface area contributed by atoms with Gasteiger partial charge in [0.15, 0.2) is 0 Å². The summed E-state index contributed by atoms with van der Waals surface area (Å²) in [4.78, 5) is 23.5. The third kappa shape index (κ3) is 4.22. The molecule has 122 valence electrons. The summed E-state index contributed by atoms with van der Waals surface area (Å²) in [6, 6.07) is 10.7. The average molecular weight is 379 g/mol. The Balaban J connectivity index is 2.46. The normalized spacial score (nSPS) is 12.5. The third-order valence-corrected chi connectivity index (χ3v) is 3.78. The monoisotopic (exact) mass is 378 g/mol. The standard InChI is InChI=1S/C17H19BrN2O3/c1-17(2,3)23-16(22)20-10-9-13(18)15(20)14(19-11-21)12-7-5-4-6-8-12/h4-11,14H,1-3H3,(H,19,21). The highest BCUT2D eigenvalue weighted by Crippen LogP contribution is 2.30. The van der Waals surface area contributed by atoms with Gasteiger partial charge in [-0.15, -0.1) is 0 Å². The first-order chi connectivity index (χ1) is 10.8. The SMILES string of the molecule is CC(C)(C)OC(=O)n1ccc(Br)c1C(NC=O)c1ccccc1. The second kappa shape index (κ2) is 7.00. The lowest BCUT2D eigenvalue weighted by atomic mass is 10.0. The lowest BCUT2D eigenvalue weighted by Gasteiger charge is -2.23. The average Bonchev–Trinajstić information content (AvgIpc) is 2.86. The number of nitrogens with zero attached hydrogens (tertiary/aromatic N) is 1. The maximum Gasteiger partial charge on any atom is 0.418 e. The summed E-state index contributed by atoms with van der Waals surface area (Å²) in [7, 11) is 0. The van der Waals surface area contributed by atoms with Crippen molar-refractivity contribution in [1.29, 1.82) is 0 Å². The maximum atomic E-state index is 12.4. The molecule has 0 aliphatic heterocycles. The summed E-state index contributed by atoms with van der Waals surface area (Å²) in [6.07, 6.45) is 1.75. The van der Waals surface area contributed by atoms with Gasteiger partial charge in [0.1, 0.15) is 5.60 Å². The van der Waals surface area contributed by atoms with E-state index in [1.54, 1.807) is 12.3 Å². The highest BCUT2D eigenvalue weighted by molar-refractivity contribution is 9.10. The fourth-order valence-electron chi connectivity index (χ4n) is 2.21. The maximum absolute atomic E-state index is 12.4. The van der Waals surface area contributed by atoms with Crippen molar-refractivity contribution in [2.45, 2.75) is 32.4 Å². The summed E-state index contributed by atoms with van der Waals surface area (Å²) in [5.41, 5.74) is 0.868. The minimum Gasteiger partial charge on any atom is -0.443 e. The van der Waals surface area contributed by atoms with Gasteiger partial charge >= 0.3 is 6.09 Å². The summed E-state index contributed by atoms with van der Waals surface area (Å²) in [5.74, 6) is 0. The number of carbonyl (C=O) groups is 2. The second-order valence-corrected chi connectivity index (χ2v) is 6.88. The van der Waals surface area contributed by atoms with Gasteiger partial charge < -0.3 is 10.1 Å². The number of benzene rings is 1. The van der Waals surface area contributed by atoms with Gasteiger partial charge in [-0.3, -0.25) is 9.36 Å². The number of rotatable bonds is 4. The van der Waals surface area contributed by atoms with E-state index in [0.717, 1.165) is 5.56 Å². The first-order valence-electron chi connectivity index (χ1n) is 7.18. The van der Waals surface area contributed by atoms with E-state index in [1.807, 2.05) is 51.1 Å². The van der Waals surface area contributed by atoms with Crippen LogP contribution in [0, 0.1) is 0 Å². The summed E-state index contributed by atoms with van der Waals surface area (Å²) < 4.78 is 7.55. The topological polar surface area (TPSA) is 60.3 Å². The van der Waals surface area contributed by atoms with Crippen LogP contribution in [0.25, 0.3) is 0 Å². The molecule has 0 saturated carbocycles. The van der Waals surface area contributed by atoms with Crippen LogP contribution in [0.1, 0.15) is 38.1 Å².